The molecule has 0 saturated heterocycles. The van der Waals surface area contributed by atoms with Crippen molar-refractivity contribution in [2.45, 2.75) is 13.1 Å². The molecule has 1 amide bonds. The third kappa shape index (κ3) is 16.6. The molecule has 0 bridgehead atoms. The van der Waals surface area contributed by atoms with Crippen LogP contribution in [0, 0.1) is 23.3 Å². The highest BCUT2D eigenvalue weighted by atomic mass is 35.5. The van der Waals surface area contributed by atoms with Gasteiger partial charge in [0.2, 0.25) is 11.1 Å². The van der Waals surface area contributed by atoms with Gasteiger partial charge in [-0.15, -0.1) is 0 Å². The second kappa shape index (κ2) is 25.8. The van der Waals surface area contributed by atoms with Crippen molar-refractivity contribution in [1.29, 1.82) is 0 Å². The molecule has 72 heavy (non-hydrogen) atoms. The molecule has 0 spiro atoms. The number of hydrogen-bond donors (Lipinski definition) is 2. The molecule has 4 aromatic heterocycles. The average Bonchev–Trinajstić information content (AvgIpc) is 3.30. The maximum absolute atomic E-state index is 13.6. The molecule has 3 N–H and O–H groups in total. The first kappa shape index (κ1) is 55.0. The molecule has 0 radical (unpaired) electrons. The zero-order chi connectivity index (χ0) is 51.2. The Bertz CT molecular complexity index is 3230. The van der Waals surface area contributed by atoms with Gasteiger partial charge in [0.15, 0.2) is 5.82 Å². The van der Waals surface area contributed by atoms with Crippen molar-refractivity contribution in [3.8, 4) is 45.2 Å². The Hall–Kier alpha value is -7.97. The summed E-state index contributed by atoms with van der Waals surface area (Å²) in [5, 5.41) is 11.0. The van der Waals surface area contributed by atoms with Gasteiger partial charge in [0, 0.05) is 46.5 Å². The van der Waals surface area contributed by atoms with E-state index < -0.39 is 23.3 Å². The van der Waals surface area contributed by atoms with E-state index in [0.717, 1.165) is 34.4 Å². The number of carbonyl (C=O) groups is 2. The number of rotatable bonds is 13. The number of hydrogen-bond acceptors (Lipinski definition) is 12. The van der Waals surface area contributed by atoms with Crippen molar-refractivity contribution in [3.05, 3.63) is 195 Å². The highest BCUT2D eigenvalue weighted by Crippen LogP contribution is 2.23. The summed E-state index contributed by atoms with van der Waals surface area (Å²) in [7, 11) is 7.21. The number of halogens is 6. The quantitative estimate of drug-likeness (QED) is 0.123. The highest BCUT2D eigenvalue weighted by Gasteiger charge is 2.12. The molecular formula is C51H46Cl2F4N11O4-. The summed E-state index contributed by atoms with van der Waals surface area (Å²) in [6.45, 7) is 0.929. The molecule has 4 aromatic carbocycles. The first-order valence-electron chi connectivity index (χ1n) is 21.5. The largest absolute Gasteiger partial charge is 1.00 e. The molecule has 372 valence electrons. The molecule has 8 aromatic rings. The number of nitrogens with two attached hydrogens (primary N) is 1. The fourth-order valence-corrected chi connectivity index (χ4v) is 6.92. The van der Waals surface area contributed by atoms with Gasteiger partial charge in [-0.25, -0.2) is 36.9 Å². The van der Waals surface area contributed by atoms with Gasteiger partial charge in [-0.3, -0.25) is 24.2 Å². The maximum Gasteiger partial charge on any atom is 0.267 e. The molecule has 21 heteroatoms. The van der Waals surface area contributed by atoms with Crippen LogP contribution >= 0.6 is 11.6 Å². The van der Waals surface area contributed by atoms with E-state index in [4.69, 9.17) is 17.3 Å². The van der Waals surface area contributed by atoms with Gasteiger partial charge < -0.3 is 33.3 Å². The minimum absolute atomic E-state index is 0. The van der Waals surface area contributed by atoms with Crippen LogP contribution in [-0.4, -0.2) is 96.7 Å². The Balaban J connectivity index is 0.000000236. The molecule has 0 atom stereocenters. The highest BCUT2D eigenvalue weighted by molar-refractivity contribution is 6.64. The summed E-state index contributed by atoms with van der Waals surface area (Å²) in [5.74, 6) is -2.49. The van der Waals surface area contributed by atoms with E-state index in [1.165, 1.54) is 70.3 Å². The third-order valence-corrected chi connectivity index (χ3v) is 9.86. The lowest BCUT2D eigenvalue weighted by Gasteiger charge is -2.11. The summed E-state index contributed by atoms with van der Waals surface area (Å²) in [4.78, 5) is 62.8. The van der Waals surface area contributed by atoms with Gasteiger partial charge in [-0.05, 0) is 112 Å². The van der Waals surface area contributed by atoms with E-state index in [0.29, 0.717) is 35.1 Å². The zero-order valence-electron chi connectivity index (χ0n) is 39.1. The van der Waals surface area contributed by atoms with Gasteiger partial charge >= 0.3 is 0 Å². The number of nitrogens with one attached hydrogen (secondary N) is 1. The van der Waals surface area contributed by atoms with Gasteiger partial charge in [0.1, 0.15) is 23.3 Å². The van der Waals surface area contributed by atoms with Gasteiger partial charge in [-0.1, -0.05) is 36.4 Å². The molecule has 4 heterocycles. The summed E-state index contributed by atoms with van der Waals surface area (Å²) in [6.07, 6.45) is 4.62. The van der Waals surface area contributed by atoms with Crippen LogP contribution in [0.5, 0.6) is 0 Å². The van der Waals surface area contributed by atoms with E-state index in [9.17, 15) is 36.7 Å². The van der Waals surface area contributed by atoms with Crippen molar-refractivity contribution in [2.75, 3.05) is 52.3 Å². The number of aromatic nitrogens is 7. The van der Waals surface area contributed by atoms with E-state index in [1.807, 2.05) is 62.6 Å². The summed E-state index contributed by atoms with van der Waals surface area (Å²) >= 11 is 4.99. The number of likely N-dealkylation sites (N-methyl/N-ethyl adjacent to an activating group) is 2. The standard InChI is InChI=1S/C26H23F2N5O2.C21H15F2N5O.C4H8ClNO.ClH/c1-32(2)16-25(34)30-22-6-7-23(29-14-22)18-5-3-4-17(10-18)15-33-26(35)9-8-24(31-33)19-11-20(27)13-21(28)12-19;22-16-7-15(8-17(23)9-16)19-4-5-20(29)28(27-19)12-13-2-1-3-14(6-13)21-25-10-18(24)11-26-21;1-6(2)3-4(5)7;/h3-14H,15-16H2,1-2H3,(H,30,34);1-11H,12,24H2;3H2,1-2H3;1H/p-1. The van der Waals surface area contributed by atoms with E-state index in [1.54, 1.807) is 42.2 Å². The van der Waals surface area contributed by atoms with Crippen LogP contribution in [0.2, 0.25) is 0 Å². The molecule has 0 unspecified atom stereocenters. The minimum atomic E-state index is -0.719. The summed E-state index contributed by atoms with van der Waals surface area (Å²) < 4.78 is 56.7. The number of nitrogens with zero attached hydrogens (tertiary/aromatic N) is 9. The monoisotopic (exact) mass is 1020 g/mol. The van der Waals surface area contributed by atoms with Crippen molar-refractivity contribution < 1.29 is 39.6 Å². The fraction of sp³-hybridized carbons (Fsp3) is 0.157. The normalized spacial score (nSPS) is 10.7. The topological polar surface area (TPSA) is 187 Å². The van der Waals surface area contributed by atoms with Crippen molar-refractivity contribution in [3.63, 3.8) is 0 Å². The lowest BCUT2D eigenvalue weighted by atomic mass is 10.1. The van der Waals surface area contributed by atoms with Crippen LogP contribution in [0.4, 0.5) is 28.9 Å². The Morgan fingerprint density at radius 2 is 1.03 bits per heavy atom. The molecule has 8 rings (SSSR count). The van der Waals surface area contributed by atoms with Crippen LogP contribution in [0.25, 0.3) is 45.2 Å². The second-order valence-electron chi connectivity index (χ2n) is 16.3. The molecule has 0 aliphatic heterocycles. The van der Waals surface area contributed by atoms with Crippen LogP contribution in [0.15, 0.2) is 150 Å². The predicted octanol–water partition coefficient (Wildman–Crippen LogP) is 4.39. The second-order valence-corrected chi connectivity index (χ2v) is 16.7. The fourth-order valence-electron chi connectivity index (χ4n) is 6.68. The van der Waals surface area contributed by atoms with Crippen LogP contribution in [0.3, 0.4) is 0 Å². The van der Waals surface area contributed by atoms with Crippen molar-refractivity contribution in [1.82, 2.24) is 44.3 Å². The van der Waals surface area contributed by atoms with Crippen molar-refractivity contribution >= 4 is 34.1 Å². The Morgan fingerprint density at radius 3 is 1.46 bits per heavy atom. The minimum Gasteiger partial charge on any atom is -1.00 e. The number of amides is 1. The molecule has 0 aliphatic carbocycles. The average molecular weight is 1020 g/mol. The third-order valence-electron chi connectivity index (χ3n) is 9.74. The van der Waals surface area contributed by atoms with E-state index in [-0.39, 0.29) is 71.1 Å². The lowest BCUT2D eigenvalue weighted by molar-refractivity contribution is -0.116. The van der Waals surface area contributed by atoms with Gasteiger partial charge in [-0.2, -0.15) is 10.2 Å². The Kier molecular flexibility index (Phi) is 19.7. The number of nitrogen functional groups attached to an aromatic ring is 1. The van der Waals surface area contributed by atoms with E-state index in [2.05, 4.69) is 30.5 Å². The van der Waals surface area contributed by atoms with Crippen LogP contribution < -0.4 is 34.6 Å². The van der Waals surface area contributed by atoms with Crippen molar-refractivity contribution in [2.24, 2.45) is 0 Å². The smallest absolute Gasteiger partial charge is 0.267 e. The number of anilines is 2. The first-order chi connectivity index (χ1) is 33.9. The van der Waals surface area contributed by atoms with E-state index >= 15 is 0 Å². The molecule has 0 aliphatic rings. The predicted molar refractivity (Wildman–Crippen MR) is 264 cm³/mol. The summed E-state index contributed by atoms with van der Waals surface area (Å²) in [6, 6.07) is 30.1. The SMILES string of the molecule is CN(C)CC(=O)Cl.CN(C)CC(=O)Nc1ccc(-c2cccc(Cn3nc(-c4cc(F)cc(F)c4)ccc3=O)c2)nc1.Nc1cnc(-c2cccc(Cn3nc(-c4cc(F)cc(F)c4)ccc3=O)c2)nc1.[Cl-]. The Morgan fingerprint density at radius 1 is 0.569 bits per heavy atom. The van der Waals surface area contributed by atoms with Crippen LogP contribution in [0.1, 0.15) is 11.1 Å². The molecule has 0 saturated carbocycles. The van der Waals surface area contributed by atoms with Crippen LogP contribution in [-0.2, 0) is 22.7 Å². The lowest BCUT2D eigenvalue weighted by Crippen LogP contribution is -3.00. The zero-order valence-corrected chi connectivity index (χ0v) is 40.6. The maximum atomic E-state index is 13.6. The number of benzene rings is 4. The number of pyridine rings is 1. The summed E-state index contributed by atoms with van der Waals surface area (Å²) in [5.41, 5.74) is 10.9. The molecular weight excluding hydrogens is 978 g/mol. The van der Waals surface area contributed by atoms with Gasteiger partial charge in [0.05, 0.1) is 73.2 Å². The first-order valence-corrected chi connectivity index (χ1v) is 21.8. The number of carbonyl (C=O) groups excluding carboxylic acids is 2. The van der Waals surface area contributed by atoms with Gasteiger partial charge in [0.25, 0.3) is 11.1 Å². The molecule has 0 fully saturated rings. The molecule has 15 nitrogen and oxygen atoms in total. The Labute approximate surface area is 422 Å².